The van der Waals surface area contributed by atoms with E-state index in [1.807, 2.05) is 0 Å². The second kappa shape index (κ2) is 10.5. The minimum absolute atomic E-state index is 0.0238. The predicted octanol–water partition coefficient (Wildman–Crippen LogP) is 4.13. The molecule has 0 aliphatic carbocycles. The molecule has 11 nitrogen and oxygen atoms in total. The zero-order valence-electron chi connectivity index (χ0n) is 20.2. The molecule has 3 aromatic carbocycles. The highest BCUT2D eigenvalue weighted by atomic mass is 79.9. The van der Waals surface area contributed by atoms with Crippen LogP contribution < -0.4 is 29.2 Å². The van der Waals surface area contributed by atoms with Crippen LogP contribution in [0, 0.1) is 0 Å². The summed E-state index contributed by atoms with van der Waals surface area (Å²) in [4.78, 5) is 50.3. The zero-order chi connectivity index (χ0) is 27.7. The smallest absolute Gasteiger partial charge is 0.335 e. The van der Waals surface area contributed by atoms with E-state index in [1.54, 1.807) is 30.3 Å². The highest BCUT2D eigenvalue weighted by molar-refractivity contribution is 9.10. The molecule has 1 saturated heterocycles. The fourth-order valence-electron chi connectivity index (χ4n) is 3.95. The van der Waals surface area contributed by atoms with Gasteiger partial charge in [0.2, 0.25) is 6.79 Å². The maximum Gasteiger partial charge on any atom is 0.335 e. The van der Waals surface area contributed by atoms with Crippen molar-refractivity contribution in [2.75, 3.05) is 18.8 Å². The van der Waals surface area contributed by atoms with Crippen LogP contribution in [0.3, 0.4) is 0 Å². The summed E-state index contributed by atoms with van der Waals surface area (Å²) in [6.45, 7) is 0.152. The fraction of sp³-hybridized carbons (Fsp3) is 0.111. The van der Waals surface area contributed by atoms with Crippen molar-refractivity contribution in [2.45, 2.75) is 6.61 Å². The molecule has 0 aromatic heterocycles. The molecule has 0 saturated carbocycles. The van der Waals surface area contributed by atoms with E-state index in [-0.39, 0.29) is 30.2 Å². The Morgan fingerprint density at radius 3 is 2.54 bits per heavy atom. The Hall–Kier alpha value is -4.84. The molecule has 4 amide bonds. The fourth-order valence-corrected chi connectivity index (χ4v) is 4.52. The lowest BCUT2D eigenvalue weighted by Gasteiger charge is -2.26. The van der Waals surface area contributed by atoms with Gasteiger partial charge < -0.3 is 24.1 Å². The number of rotatable bonds is 7. The number of ether oxygens (including phenoxy) is 4. The van der Waals surface area contributed by atoms with E-state index in [0.717, 1.165) is 10.5 Å². The van der Waals surface area contributed by atoms with Crippen molar-refractivity contribution in [1.82, 2.24) is 5.32 Å². The topological polar surface area (TPSA) is 141 Å². The summed E-state index contributed by atoms with van der Waals surface area (Å²) in [5, 5.41) is 11.2. The number of halogens is 1. The van der Waals surface area contributed by atoms with Gasteiger partial charge in [-0.25, -0.2) is 14.5 Å². The number of barbiturate groups is 1. The zero-order valence-corrected chi connectivity index (χ0v) is 21.8. The maximum atomic E-state index is 13.3. The SMILES string of the molecule is COc1cc(/C=C2\C(=O)NC(=O)N(c3ccc4c(c3)OCO4)C2=O)cc(Br)c1OCc1ccc(C(=O)O)cc1. The van der Waals surface area contributed by atoms with Crippen LogP contribution in [0.2, 0.25) is 0 Å². The van der Waals surface area contributed by atoms with Gasteiger partial charge in [0.15, 0.2) is 23.0 Å². The maximum absolute atomic E-state index is 13.3. The highest BCUT2D eigenvalue weighted by Crippen LogP contribution is 2.39. The number of methoxy groups -OCH3 is 1. The number of hydrogen-bond acceptors (Lipinski definition) is 8. The van der Waals surface area contributed by atoms with Gasteiger partial charge in [0.25, 0.3) is 11.8 Å². The molecule has 0 spiro atoms. The number of carbonyl (C=O) groups is 4. The standard InChI is InChI=1S/C27H19BrN2O9/c1-36-22-10-15(9-19(28)23(22)37-12-14-2-4-16(5-3-14)26(33)34)8-18-24(31)29-27(35)30(25(18)32)17-6-7-20-21(11-17)39-13-38-20/h2-11H,12-13H2,1H3,(H,33,34)(H,29,31,35)/b18-8+. The van der Waals surface area contributed by atoms with E-state index in [9.17, 15) is 19.2 Å². The Morgan fingerprint density at radius 1 is 1.08 bits per heavy atom. The first-order chi connectivity index (χ1) is 18.7. The molecule has 39 heavy (non-hydrogen) atoms. The first-order valence-corrected chi connectivity index (χ1v) is 12.2. The van der Waals surface area contributed by atoms with Crippen LogP contribution in [0.25, 0.3) is 6.08 Å². The molecule has 2 N–H and O–H groups in total. The van der Waals surface area contributed by atoms with Crippen molar-refractivity contribution in [3.63, 3.8) is 0 Å². The number of nitrogens with one attached hydrogen (secondary N) is 1. The molecular formula is C27H19BrN2O9. The number of carboxylic acids is 1. The number of imide groups is 2. The molecule has 2 aliphatic rings. The summed E-state index contributed by atoms with van der Waals surface area (Å²) in [7, 11) is 1.44. The second-order valence-corrected chi connectivity index (χ2v) is 9.17. The Kier molecular flexibility index (Phi) is 6.94. The molecule has 12 heteroatoms. The molecule has 0 unspecified atom stereocenters. The van der Waals surface area contributed by atoms with E-state index in [0.29, 0.717) is 33.0 Å². The molecule has 5 rings (SSSR count). The number of amides is 4. The molecule has 2 heterocycles. The number of urea groups is 1. The van der Waals surface area contributed by atoms with Gasteiger partial charge in [0.1, 0.15) is 12.2 Å². The van der Waals surface area contributed by atoms with Gasteiger partial charge in [0, 0.05) is 6.07 Å². The predicted molar refractivity (Wildman–Crippen MR) is 140 cm³/mol. The average Bonchev–Trinajstić information content (AvgIpc) is 3.38. The Morgan fingerprint density at radius 2 is 1.82 bits per heavy atom. The molecule has 0 radical (unpaired) electrons. The van der Waals surface area contributed by atoms with Crippen LogP contribution in [0.1, 0.15) is 21.5 Å². The molecule has 0 atom stereocenters. The summed E-state index contributed by atoms with van der Waals surface area (Å²) in [6.07, 6.45) is 1.34. The Balaban J connectivity index is 1.40. The number of carbonyl (C=O) groups excluding carboxylic acids is 3. The number of carboxylic acid groups (broad SMARTS) is 1. The summed E-state index contributed by atoms with van der Waals surface area (Å²) in [6, 6.07) is 13.1. The molecule has 198 valence electrons. The van der Waals surface area contributed by atoms with E-state index in [1.165, 1.54) is 37.5 Å². The summed E-state index contributed by atoms with van der Waals surface area (Å²) < 4.78 is 22.4. The minimum atomic E-state index is -1.02. The Bertz CT molecular complexity index is 1550. The van der Waals surface area contributed by atoms with Gasteiger partial charge in [-0.05, 0) is 69.5 Å². The third-order valence-electron chi connectivity index (χ3n) is 5.86. The van der Waals surface area contributed by atoms with Crippen LogP contribution in [0.5, 0.6) is 23.0 Å². The van der Waals surface area contributed by atoms with Crippen molar-refractivity contribution in [3.05, 3.63) is 81.3 Å². The molecule has 2 aliphatic heterocycles. The van der Waals surface area contributed by atoms with E-state index < -0.39 is 23.8 Å². The summed E-state index contributed by atoms with van der Waals surface area (Å²) in [5.41, 5.74) is 1.26. The van der Waals surface area contributed by atoms with Gasteiger partial charge >= 0.3 is 12.0 Å². The van der Waals surface area contributed by atoms with E-state index in [4.69, 9.17) is 24.1 Å². The molecule has 3 aromatic rings. The minimum Gasteiger partial charge on any atom is -0.493 e. The third kappa shape index (κ3) is 5.14. The van der Waals surface area contributed by atoms with Crippen molar-refractivity contribution in [3.8, 4) is 23.0 Å². The van der Waals surface area contributed by atoms with Crippen LogP contribution in [-0.2, 0) is 16.2 Å². The number of aromatic carboxylic acids is 1. The van der Waals surface area contributed by atoms with Gasteiger partial charge in [-0.3, -0.25) is 14.9 Å². The van der Waals surface area contributed by atoms with Crippen molar-refractivity contribution in [2.24, 2.45) is 0 Å². The monoisotopic (exact) mass is 594 g/mol. The summed E-state index contributed by atoms with van der Waals surface area (Å²) in [5.74, 6) is -1.16. The number of benzene rings is 3. The summed E-state index contributed by atoms with van der Waals surface area (Å²) >= 11 is 3.44. The largest absolute Gasteiger partial charge is 0.493 e. The number of fused-ring (bicyclic) bond motifs is 1. The van der Waals surface area contributed by atoms with Crippen molar-refractivity contribution < 1.29 is 43.2 Å². The lowest BCUT2D eigenvalue weighted by atomic mass is 10.1. The quantitative estimate of drug-likeness (QED) is 0.305. The normalized spacial score (nSPS) is 15.4. The van der Waals surface area contributed by atoms with Gasteiger partial charge in [-0.2, -0.15) is 0 Å². The number of nitrogens with zero attached hydrogens (tertiary/aromatic N) is 1. The second-order valence-electron chi connectivity index (χ2n) is 8.32. The lowest BCUT2D eigenvalue weighted by molar-refractivity contribution is -0.122. The third-order valence-corrected chi connectivity index (χ3v) is 6.45. The first kappa shape index (κ1) is 25.8. The number of hydrogen-bond donors (Lipinski definition) is 2. The van der Waals surface area contributed by atoms with Crippen molar-refractivity contribution in [1.29, 1.82) is 0 Å². The van der Waals surface area contributed by atoms with Crippen LogP contribution in [-0.4, -0.2) is 42.8 Å². The average molecular weight is 595 g/mol. The molecule has 0 bridgehead atoms. The van der Waals surface area contributed by atoms with E-state index in [2.05, 4.69) is 21.2 Å². The van der Waals surface area contributed by atoms with Crippen molar-refractivity contribution >= 4 is 51.5 Å². The Labute approximate surface area is 229 Å². The van der Waals surface area contributed by atoms with E-state index >= 15 is 0 Å². The van der Waals surface area contributed by atoms with Crippen LogP contribution in [0.15, 0.2) is 64.6 Å². The highest BCUT2D eigenvalue weighted by Gasteiger charge is 2.37. The van der Waals surface area contributed by atoms with Gasteiger partial charge in [0.05, 0.1) is 22.8 Å². The first-order valence-electron chi connectivity index (χ1n) is 11.4. The van der Waals surface area contributed by atoms with Gasteiger partial charge in [-0.15, -0.1) is 0 Å². The molecule has 1 fully saturated rings. The molecular weight excluding hydrogens is 576 g/mol. The lowest BCUT2D eigenvalue weighted by Crippen LogP contribution is -2.54. The van der Waals surface area contributed by atoms with Gasteiger partial charge in [-0.1, -0.05) is 12.1 Å². The van der Waals surface area contributed by atoms with Crippen LogP contribution >= 0.6 is 15.9 Å². The number of anilines is 1. The van der Waals surface area contributed by atoms with Crippen LogP contribution in [0.4, 0.5) is 10.5 Å².